The van der Waals surface area contributed by atoms with Gasteiger partial charge in [-0.3, -0.25) is 9.59 Å². The van der Waals surface area contributed by atoms with Crippen LogP contribution in [0.25, 0.3) is 0 Å². The standard InChI is InChI=1S/C12H18N4O2/c13-10(12(14)18)7-15-8-11(17)16-6-9-4-2-1-3-5-9/h1-5,10,15H,6-8,13H2,(H2,14,18)(H,16,17). The first-order valence-electron chi connectivity index (χ1n) is 5.66. The van der Waals surface area contributed by atoms with Gasteiger partial charge in [-0.05, 0) is 5.56 Å². The molecule has 1 atom stereocenters. The quantitative estimate of drug-likeness (QED) is 0.482. The molecule has 6 heteroatoms. The van der Waals surface area contributed by atoms with Gasteiger partial charge >= 0.3 is 0 Å². The van der Waals surface area contributed by atoms with E-state index in [1.54, 1.807) is 0 Å². The van der Waals surface area contributed by atoms with Gasteiger partial charge in [0.25, 0.3) is 0 Å². The van der Waals surface area contributed by atoms with Crippen molar-refractivity contribution in [3.8, 4) is 0 Å². The van der Waals surface area contributed by atoms with Gasteiger partial charge in [0.05, 0.1) is 12.6 Å². The Morgan fingerprint density at radius 1 is 1.22 bits per heavy atom. The Morgan fingerprint density at radius 2 is 1.89 bits per heavy atom. The third-order valence-corrected chi connectivity index (χ3v) is 2.35. The zero-order valence-electron chi connectivity index (χ0n) is 10.1. The van der Waals surface area contributed by atoms with Gasteiger partial charge in [0.1, 0.15) is 0 Å². The second-order valence-corrected chi connectivity index (χ2v) is 3.90. The summed E-state index contributed by atoms with van der Waals surface area (Å²) in [7, 11) is 0. The fourth-order valence-corrected chi connectivity index (χ4v) is 1.30. The lowest BCUT2D eigenvalue weighted by Gasteiger charge is -2.09. The zero-order valence-corrected chi connectivity index (χ0v) is 10.1. The van der Waals surface area contributed by atoms with Crippen molar-refractivity contribution < 1.29 is 9.59 Å². The van der Waals surface area contributed by atoms with Crippen molar-refractivity contribution in [2.24, 2.45) is 11.5 Å². The van der Waals surface area contributed by atoms with E-state index in [1.807, 2.05) is 30.3 Å². The summed E-state index contributed by atoms with van der Waals surface area (Å²) in [5.41, 5.74) is 11.4. The lowest BCUT2D eigenvalue weighted by Crippen LogP contribution is -2.46. The monoisotopic (exact) mass is 250 g/mol. The second-order valence-electron chi connectivity index (χ2n) is 3.90. The molecule has 0 aliphatic rings. The van der Waals surface area contributed by atoms with E-state index in [4.69, 9.17) is 11.5 Å². The average molecular weight is 250 g/mol. The smallest absolute Gasteiger partial charge is 0.235 e. The molecule has 2 amide bonds. The summed E-state index contributed by atoms with van der Waals surface area (Å²) in [5, 5.41) is 5.51. The lowest BCUT2D eigenvalue weighted by molar-refractivity contribution is -0.121. The molecule has 0 aliphatic carbocycles. The Morgan fingerprint density at radius 3 is 2.50 bits per heavy atom. The van der Waals surface area contributed by atoms with Crippen LogP contribution in [0.4, 0.5) is 0 Å². The van der Waals surface area contributed by atoms with E-state index < -0.39 is 11.9 Å². The van der Waals surface area contributed by atoms with Gasteiger partial charge in [-0.15, -0.1) is 0 Å². The van der Waals surface area contributed by atoms with Crippen molar-refractivity contribution in [2.45, 2.75) is 12.6 Å². The maximum absolute atomic E-state index is 11.4. The molecule has 1 rings (SSSR count). The van der Waals surface area contributed by atoms with Crippen LogP contribution in [0.1, 0.15) is 5.56 Å². The molecule has 0 saturated heterocycles. The predicted octanol–water partition coefficient (Wildman–Crippen LogP) is -1.29. The van der Waals surface area contributed by atoms with Gasteiger partial charge in [0.2, 0.25) is 11.8 Å². The van der Waals surface area contributed by atoms with E-state index in [0.717, 1.165) is 5.56 Å². The summed E-state index contributed by atoms with van der Waals surface area (Å²) >= 11 is 0. The number of carbonyl (C=O) groups is 2. The summed E-state index contributed by atoms with van der Waals surface area (Å²) in [6.45, 7) is 0.769. The maximum atomic E-state index is 11.4. The first-order chi connectivity index (χ1) is 8.59. The molecule has 0 saturated carbocycles. The largest absolute Gasteiger partial charge is 0.368 e. The van der Waals surface area contributed by atoms with E-state index in [-0.39, 0.29) is 19.0 Å². The van der Waals surface area contributed by atoms with Crippen LogP contribution in [0.2, 0.25) is 0 Å². The predicted molar refractivity (Wildman–Crippen MR) is 68.3 cm³/mol. The average Bonchev–Trinajstić information content (AvgIpc) is 2.37. The number of nitrogens with one attached hydrogen (secondary N) is 2. The minimum Gasteiger partial charge on any atom is -0.368 e. The number of carbonyl (C=O) groups excluding carboxylic acids is 2. The van der Waals surface area contributed by atoms with Gasteiger partial charge in [0, 0.05) is 13.1 Å². The van der Waals surface area contributed by atoms with E-state index in [9.17, 15) is 9.59 Å². The Hall–Kier alpha value is -1.92. The van der Waals surface area contributed by atoms with Crippen molar-refractivity contribution in [3.63, 3.8) is 0 Å². The first kappa shape index (κ1) is 14.1. The van der Waals surface area contributed by atoms with Crippen molar-refractivity contribution in [3.05, 3.63) is 35.9 Å². The highest BCUT2D eigenvalue weighted by Crippen LogP contribution is 1.96. The zero-order chi connectivity index (χ0) is 13.4. The molecule has 18 heavy (non-hydrogen) atoms. The van der Waals surface area contributed by atoms with Gasteiger partial charge in [-0.25, -0.2) is 0 Å². The van der Waals surface area contributed by atoms with Gasteiger partial charge in [0.15, 0.2) is 0 Å². The van der Waals surface area contributed by atoms with E-state index in [2.05, 4.69) is 10.6 Å². The molecule has 0 aromatic heterocycles. The molecule has 1 unspecified atom stereocenters. The minimum atomic E-state index is -0.771. The summed E-state index contributed by atoms with van der Waals surface area (Å²) in [6, 6.07) is 8.81. The van der Waals surface area contributed by atoms with Gasteiger partial charge in [-0.2, -0.15) is 0 Å². The minimum absolute atomic E-state index is 0.105. The highest BCUT2D eigenvalue weighted by Gasteiger charge is 2.09. The summed E-state index contributed by atoms with van der Waals surface area (Å²) in [4.78, 5) is 22.1. The van der Waals surface area contributed by atoms with Crippen molar-refractivity contribution in [1.82, 2.24) is 10.6 Å². The molecule has 98 valence electrons. The van der Waals surface area contributed by atoms with Crippen molar-refractivity contribution in [1.29, 1.82) is 0 Å². The highest BCUT2D eigenvalue weighted by atomic mass is 16.2. The van der Waals surface area contributed by atoms with E-state index >= 15 is 0 Å². The van der Waals surface area contributed by atoms with Crippen LogP contribution in [-0.2, 0) is 16.1 Å². The molecule has 0 aliphatic heterocycles. The second kappa shape index (κ2) is 7.41. The molecule has 0 heterocycles. The van der Waals surface area contributed by atoms with Crippen LogP contribution >= 0.6 is 0 Å². The molecule has 0 bridgehead atoms. The summed E-state index contributed by atoms with van der Waals surface area (Å²) in [6.07, 6.45) is 0. The molecule has 0 fully saturated rings. The Bertz CT molecular complexity index is 394. The van der Waals surface area contributed by atoms with Crippen molar-refractivity contribution in [2.75, 3.05) is 13.1 Å². The summed E-state index contributed by atoms with van der Waals surface area (Å²) in [5.74, 6) is -0.747. The van der Waals surface area contributed by atoms with E-state index in [0.29, 0.717) is 6.54 Å². The lowest BCUT2D eigenvalue weighted by atomic mass is 10.2. The van der Waals surface area contributed by atoms with Gasteiger partial charge < -0.3 is 22.1 Å². The molecular weight excluding hydrogens is 232 g/mol. The number of benzene rings is 1. The number of hydrogen-bond acceptors (Lipinski definition) is 4. The fraction of sp³-hybridized carbons (Fsp3) is 0.333. The Kier molecular flexibility index (Phi) is 5.83. The number of rotatable bonds is 7. The topological polar surface area (TPSA) is 110 Å². The molecular formula is C12H18N4O2. The Balaban J connectivity index is 2.17. The van der Waals surface area contributed by atoms with Crippen LogP contribution in [-0.4, -0.2) is 30.9 Å². The fourth-order valence-electron chi connectivity index (χ4n) is 1.30. The normalized spacial score (nSPS) is 11.8. The third-order valence-electron chi connectivity index (χ3n) is 2.35. The maximum Gasteiger partial charge on any atom is 0.235 e. The molecule has 6 nitrogen and oxygen atoms in total. The molecule has 1 aromatic rings. The van der Waals surface area contributed by atoms with Crippen LogP contribution in [0.5, 0.6) is 0 Å². The SMILES string of the molecule is NC(=O)C(N)CNCC(=O)NCc1ccccc1. The first-order valence-corrected chi connectivity index (χ1v) is 5.66. The van der Waals surface area contributed by atoms with Crippen LogP contribution < -0.4 is 22.1 Å². The van der Waals surface area contributed by atoms with Crippen LogP contribution in [0.3, 0.4) is 0 Å². The summed E-state index contributed by atoms with van der Waals surface area (Å²) < 4.78 is 0. The van der Waals surface area contributed by atoms with Crippen molar-refractivity contribution >= 4 is 11.8 Å². The van der Waals surface area contributed by atoms with Gasteiger partial charge in [-0.1, -0.05) is 30.3 Å². The van der Waals surface area contributed by atoms with Crippen LogP contribution in [0.15, 0.2) is 30.3 Å². The Labute approximate surface area is 106 Å². The number of hydrogen-bond donors (Lipinski definition) is 4. The molecule has 1 aromatic carbocycles. The van der Waals surface area contributed by atoms with Crippen LogP contribution in [0, 0.1) is 0 Å². The number of primary amides is 1. The molecule has 0 spiro atoms. The molecule has 0 radical (unpaired) electrons. The third kappa shape index (κ3) is 5.42. The highest BCUT2D eigenvalue weighted by molar-refractivity contribution is 5.80. The molecule has 6 N–H and O–H groups in total. The van der Waals surface area contributed by atoms with E-state index in [1.165, 1.54) is 0 Å². The number of nitrogens with two attached hydrogens (primary N) is 2. The number of amides is 2.